The molecule has 0 atom stereocenters. The molecule has 2 aliphatic heterocycles. The third-order valence-corrected chi connectivity index (χ3v) is 2.92. The molecular formula is C12H13NO3. The zero-order valence-corrected chi connectivity index (χ0v) is 8.86. The van der Waals surface area contributed by atoms with Crippen LogP contribution in [0.25, 0.3) is 0 Å². The Hall–Kier alpha value is -1.55. The molecule has 84 valence electrons. The third-order valence-electron chi connectivity index (χ3n) is 2.92. The molecule has 16 heavy (non-hydrogen) atoms. The van der Waals surface area contributed by atoms with E-state index in [1.807, 2.05) is 12.1 Å². The lowest BCUT2D eigenvalue weighted by Crippen LogP contribution is -2.48. The Kier molecular flexibility index (Phi) is 2.29. The third kappa shape index (κ3) is 1.65. The lowest BCUT2D eigenvalue weighted by atomic mass is 10.1. The van der Waals surface area contributed by atoms with E-state index in [1.165, 1.54) is 0 Å². The molecule has 4 nitrogen and oxygen atoms in total. The first-order valence-electron chi connectivity index (χ1n) is 5.47. The van der Waals surface area contributed by atoms with Crippen molar-refractivity contribution in [1.29, 1.82) is 0 Å². The van der Waals surface area contributed by atoms with Crippen molar-refractivity contribution >= 4 is 5.91 Å². The van der Waals surface area contributed by atoms with Crippen LogP contribution in [-0.4, -0.2) is 31.8 Å². The van der Waals surface area contributed by atoms with Crippen LogP contribution in [0.2, 0.25) is 0 Å². The molecule has 1 saturated heterocycles. The summed E-state index contributed by atoms with van der Waals surface area (Å²) in [4.78, 5) is 11.8. The van der Waals surface area contributed by atoms with Crippen LogP contribution >= 0.6 is 0 Å². The highest BCUT2D eigenvalue weighted by Gasteiger charge is 2.22. The zero-order chi connectivity index (χ0) is 11.0. The maximum atomic E-state index is 11.8. The normalized spacial score (nSPS) is 18.5. The average molecular weight is 219 g/mol. The van der Waals surface area contributed by atoms with Crippen molar-refractivity contribution in [1.82, 2.24) is 5.32 Å². The summed E-state index contributed by atoms with van der Waals surface area (Å²) in [6.07, 6.45) is 0.892. The van der Waals surface area contributed by atoms with E-state index in [1.54, 1.807) is 6.07 Å². The van der Waals surface area contributed by atoms with Crippen molar-refractivity contribution in [2.45, 2.75) is 12.5 Å². The Balaban J connectivity index is 1.75. The van der Waals surface area contributed by atoms with Gasteiger partial charge in [-0.15, -0.1) is 0 Å². The highest BCUT2D eigenvalue weighted by Crippen LogP contribution is 2.25. The molecule has 0 bridgehead atoms. The lowest BCUT2D eigenvalue weighted by molar-refractivity contribution is -0.00346. The van der Waals surface area contributed by atoms with Crippen molar-refractivity contribution in [2.75, 3.05) is 19.8 Å². The van der Waals surface area contributed by atoms with Crippen LogP contribution in [0.4, 0.5) is 0 Å². The molecule has 0 aliphatic carbocycles. The monoisotopic (exact) mass is 219 g/mol. The number of hydrogen-bond acceptors (Lipinski definition) is 3. The molecule has 1 fully saturated rings. The van der Waals surface area contributed by atoms with Gasteiger partial charge in [-0.3, -0.25) is 4.79 Å². The zero-order valence-electron chi connectivity index (χ0n) is 8.86. The molecule has 0 saturated carbocycles. The van der Waals surface area contributed by atoms with E-state index in [0.717, 1.165) is 24.3 Å². The first-order chi connectivity index (χ1) is 7.83. The molecule has 0 unspecified atom stereocenters. The Morgan fingerprint density at radius 2 is 2.25 bits per heavy atom. The van der Waals surface area contributed by atoms with Gasteiger partial charge in [0.25, 0.3) is 5.91 Å². The largest absolute Gasteiger partial charge is 0.493 e. The maximum absolute atomic E-state index is 11.8. The van der Waals surface area contributed by atoms with Crippen molar-refractivity contribution in [3.05, 3.63) is 29.3 Å². The van der Waals surface area contributed by atoms with Gasteiger partial charge in [0.05, 0.1) is 25.9 Å². The van der Waals surface area contributed by atoms with Crippen LogP contribution in [0.1, 0.15) is 15.9 Å². The first-order valence-corrected chi connectivity index (χ1v) is 5.47. The van der Waals surface area contributed by atoms with Gasteiger partial charge in [-0.1, -0.05) is 0 Å². The number of rotatable bonds is 2. The molecular weight excluding hydrogens is 206 g/mol. The Bertz CT molecular complexity index is 426. The van der Waals surface area contributed by atoms with E-state index < -0.39 is 0 Å². The van der Waals surface area contributed by atoms with Gasteiger partial charge >= 0.3 is 0 Å². The van der Waals surface area contributed by atoms with Crippen molar-refractivity contribution in [3.8, 4) is 5.75 Å². The molecule has 1 aromatic carbocycles. The van der Waals surface area contributed by atoms with E-state index in [-0.39, 0.29) is 11.9 Å². The predicted molar refractivity (Wildman–Crippen MR) is 57.7 cm³/mol. The summed E-state index contributed by atoms with van der Waals surface area (Å²) < 4.78 is 10.4. The molecule has 1 N–H and O–H groups in total. The summed E-state index contributed by atoms with van der Waals surface area (Å²) in [6, 6.07) is 5.77. The van der Waals surface area contributed by atoms with Crippen LogP contribution < -0.4 is 10.1 Å². The summed E-state index contributed by atoms with van der Waals surface area (Å²) in [5.41, 5.74) is 1.83. The van der Waals surface area contributed by atoms with E-state index >= 15 is 0 Å². The summed E-state index contributed by atoms with van der Waals surface area (Å²) in [5, 5.41) is 2.92. The number of amides is 1. The minimum Gasteiger partial charge on any atom is -0.493 e. The molecule has 1 amide bonds. The number of ether oxygens (including phenoxy) is 2. The Morgan fingerprint density at radius 1 is 1.38 bits per heavy atom. The van der Waals surface area contributed by atoms with Crippen LogP contribution in [0, 0.1) is 0 Å². The molecule has 0 aromatic heterocycles. The summed E-state index contributed by atoms with van der Waals surface area (Å²) in [5.74, 6) is 0.881. The van der Waals surface area contributed by atoms with Crippen LogP contribution in [0.5, 0.6) is 5.75 Å². The van der Waals surface area contributed by atoms with Gasteiger partial charge in [0.1, 0.15) is 5.75 Å². The minimum absolute atomic E-state index is 0.0250. The molecule has 0 radical (unpaired) electrons. The van der Waals surface area contributed by atoms with Crippen LogP contribution in [0.15, 0.2) is 18.2 Å². The molecule has 3 rings (SSSR count). The standard InChI is InChI=1S/C12H13NO3/c14-12(13-10-6-15-7-10)9-1-2-11-8(5-9)3-4-16-11/h1-2,5,10H,3-4,6-7H2,(H,13,14). The van der Waals surface area contributed by atoms with E-state index in [0.29, 0.717) is 18.8 Å². The number of benzene rings is 1. The Labute approximate surface area is 93.5 Å². The van der Waals surface area contributed by atoms with Crippen LogP contribution in [-0.2, 0) is 11.2 Å². The van der Waals surface area contributed by atoms with Gasteiger partial charge < -0.3 is 14.8 Å². The SMILES string of the molecule is O=C(NC1COC1)c1ccc2c(c1)CCO2. The maximum Gasteiger partial charge on any atom is 0.251 e. The number of hydrogen-bond donors (Lipinski definition) is 1. The van der Waals surface area contributed by atoms with Gasteiger partial charge in [0, 0.05) is 12.0 Å². The van der Waals surface area contributed by atoms with Gasteiger partial charge in [0.15, 0.2) is 0 Å². The fourth-order valence-corrected chi connectivity index (χ4v) is 1.92. The quantitative estimate of drug-likeness (QED) is 0.798. The molecule has 0 spiro atoms. The van der Waals surface area contributed by atoms with E-state index in [4.69, 9.17) is 9.47 Å². The van der Waals surface area contributed by atoms with Gasteiger partial charge in [-0.05, 0) is 23.8 Å². The highest BCUT2D eigenvalue weighted by atomic mass is 16.5. The minimum atomic E-state index is -0.0250. The number of carbonyl (C=O) groups is 1. The van der Waals surface area contributed by atoms with Crippen molar-refractivity contribution < 1.29 is 14.3 Å². The van der Waals surface area contributed by atoms with Crippen LogP contribution in [0.3, 0.4) is 0 Å². The predicted octanol–water partition coefficient (Wildman–Crippen LogP) is 0.750. The van der Waals surface area contributed by atoms with Gasteiger partial charge in [0.2, 0.25) is 0 Å². The average Bonchev–Trinajstić information content (AvgIpc) is 2.69. The molecule has 2 aliphatic rings. The molecule has 4 heteroatoms. The van der Waals surface area contributed by atoms with Crippen molar-refractivity contribution in [3.63, 3.8) is 0 Å². The van der Waals surface area contributed by atoms with Crippen molar-refractivity contribution in [2.24, 2.45) is 0 Å². The summed E-state index contributed by atoms with van der Waals surface area (Å²) in [6.45, 7) is 1.97. The number of nitrogens with one attached hydrogen (secondary N) is 1. The van der Waals surface area contributed by atoms with E-state index in [9.17, 15) is 4.79 Å². The Morgan fingerprint density at radius 3 is 3.00 bits per heavy atom. The summed E-state index contributed by atoms with van der Waals surface area (Å²) in [7, 11) is 0. The van der Waals surface area contributed by atoms with E-state index in [2.05, 4.69) is 5.32 Å². The lowest BCUT2D eigenvalue weighted by Gasteiger charge is -2.26. The molecule has 2 heterocycles. The topological polar surface area (TPSA) is 47.6 Å². The second kappa shape index (κ2) is 3.79. The second-order valence-corrected chi connectivity index (χ2v) is 4.13. The fourth-order valence-electron chi connectivity index (χ4n) is 1.92. The summed E-state index contributed by atoms with van der Waals surface area (Å²) >= 11 is 0. The van der Waals surface area contributed by atoms with Gasteiger partial charge in [-0.2, -0.15) is 0 Å². The van der Waals surface area contributed by atoms with Gasteiger partial charge in [-0.25, -0.2) is 0 Å². The highest BCUT2D eigenvalue weighted by molar-refractivity contribution is 5.94. The second-order valence-electron chi connectivity index (χ2n) is 4.13. The number of fused-ring (bicyclic) bond motifs is 1. The first kappa shape index (κ1) is 9.66. The molecule has 1 aromatic rings. The number of carbonyl (C=O) groups excluding carboxylic acids is 1. The smallest absolute Gasteiger partial charge is 0.251 e. The fraction of sp³-hybridized carbons (Fsp3) is 0.417.